The Morgan fingerprint density at radius 2 is 1.95 bits per heavy atom. The van der Waals surface area contributed by atoms with Crippen LogP contribution in [0, 0.1) is 5.92 Å². The SMILES string of the molecule is C[C@@H]1[C@@H]([Si](C)(C)F)[C@H](CCn2cc(C(CO)c3ccccc3)nn2)O[C@@]12C(=O)N(C)c1ccc(N3CCOC3=O)cc12. The summed E-state index contributed by atoms with van der Waals surface area (Å²) in [6.07, 6.45) is 1.27. The Kier molecular flexibility index (Phi) is 7.18. The molecule has 0 bridgehead atoms. The normalized spacial score (nSPS) is 26.3. The molecule has 10 nitrogen and oxygen atoms in total. The molecule has 1 N–H and O–H groups in total. The summed E-state index contributed by atoms with van der Waals surface area (Å²) in [5.74, 6) is -0.968. The molecule has 12 heteroatoms. The van der Waals surface area contributed by atoms with Gasteiger partial charge in [0.2, 0.25) is 8.41 Å². The first-order valence-electron chi connectivity index (χ1n) is 14.4. The molecule has 5 atom stereocenters. The highest BCUT2D eigenvalue weighted by molar-refractivity contribution is 6.72. The molecule has 222 valence electrons. The Bertz CT molecular complexity index is 1500. The minimum atomic E-state index is -3.33. The minimum absolute atomic E-state index is 0.107. The van der Waals surface area contributed by atoms with Gasteiger partial charge >= 0.3 is 6.09 Å². The van der Waals surface area contributed by atoms with Crippen LogP contribution in [-0.2, 0) is 26.4 Å². The number of amides is 2. The molecule has 1 spiro atoms. The van der Waals surface area contributed by atoms with Gasteiger partial charge in [0.15, 0.2) is 5.60 Å². The summed E-state index contributed by atoms with van der Waals surface area (Å²) >= 11 is 0. The van der Waals surface area contributed by atoms with E-state index in [0.29, 0.717) is 48.7 Å². The molecule has 2 aromatic carbocycles. The summed E-state index contributed by atoms with van der Waals surface area (Å²) in [7, 11) is -1.62. The molecule has 3 aliphatic heterocycles. The zero-order chi connectivity index (χ0) is 29.8. The van der Waals surface area contributed by atoms with Crippen molar-refractivity contribution in [3.8, 4) is 0 Å². The highest BCUT2D eigenvalue weighted by Crippen LogP contribution is 2.60. The Morgan fingerprint density at radius 1 is 1.19 bits per heavy atom. The molecule has 2 fully saturated rings. The van der Waals surface area contributed by atoms with Gasteiger partial charge in [-0.1, -0.05) is 42.5 Å². The third kappa shape index (κ3) is 4.52. The number of fused-ring (bicyclic) bond motifs is 2. The lowest BCUT2D eigenvalue weighted by molar-refractivity contribution is -0.145. The second kappa shape index (κ2) is 10.6. The van der Waals surface area contributed by atoms with E-state index in [0.717, 1.165) is 5.56 Å². The lowest BCUT2D eigenvalue weighted by Gasteiger charge is -2.31. The number of aliphatic hydroxyl groups is 1. The number of nitrogens with zero attached hydrogens (tertiary/aromatic N) is 5. The predicted molar refractivity (Wildman–Crippen MR) is 157 cm³/mol. The monoisotopic (exact) mass is 593 g/mol. The topological polar surface area (TPSA) is 110 Å². The first-order valence-corrected chi connectivity index (χ1v) is 17.3. The molecular weight excluding hydrogens is 557 g/mol. The van der Waals surface area contributed by atoms with Gasteiger partial charge in [0.25, 0.3) is 5.91 Å². The number of carbonyl (C=O) groups is 2. The molecule has 1 aromatic heterocycles. The van der Waals surface area contributed by atoms with Crippen LogP contribution < -0.4 is 9.80 Å². The lowest BCUT2D eigenvalue weighted by atomic mass is 9.82. The van der Waals surface area contributed by atoms with E-state index in [9.17, 15) is 14.7 Å². The number of aromatic nitrogens is 3. The standard InChI is InChI=1S/C30H36FN5O5Si/c1-19-27(42(3,4)31)26(12-13-35-17-24(32-33-35)22(18-37)20-8-6-5-7-9-20)41-30(19)23-16-21(36-14-15-40-29(36)39)10-11-25(23)34(2)28(30)38/h5-11,16-17,19,22,26-27,37H,12-15,18H2,1-4H3/t19-,22?,26+,27-,30+/m1/s1. The number of cyclic esters (lactones) is 1. The first kappa shape index (κ1) is 28.5. The number of anilines is 2. The fourth-order valence-corrected chi connectivity index (χ4v) is 9.65. The van der Waals surface area contributed by atoms with Crippen molar-refractivity contribution in [1.82, 2.24) is 15.0 Å². The largest absolute Gasteiger partial charge is 0.447 e. The van der Waals surface area contributed by atoms with Crippen LogP contribution in [-0.4, -0.2) is 73.4 Å². The molecule has 6 rings (SSSR count). The van der Waals surface area contributed by atoms with Crippen LogP contribution >= 0.6 is 0 Å². The van der Waals surface area contributed by atoms with Crippen LogP contribution in [0.15, 0.2) is 54.7 Å². The average Bonchev–Trinajstić information content (AvgIpc) is 3.72. The van der Waals surface area contributed by atoms with Gasteiger partial charge in [-0.15, -0.1) is 5.10 Å². The summed E-state index contributed by atoms with van der Waals surface area (Å²) in [4.78, 5) is 29.4. The number of hydrogen-bond acceptors (Lipinski definition) is 7. The third-order valence-corrected chi connectivity index (χ3v) is 11.5. The second-order valence-electron chi connectivity index (χ2n) is 11.9. The first-order chi connectivity index (χ1) is 20.1. The predicted octanol–water partition coefficient (Wildman–Crippen LogP) is 4.20. The van der Waals surface area contributed by atoms with Gasteiger partial charge < -0.3 is 23.6 Å². The van der Waals surface area contributed by atoms with E-state index < -0.39 is 37.7 Å². The average molecular weight is 594 g/mol. The Labute approximate surface area is 245 Å². The molecule has 0 aliphatic carbocycles. The van der Waals surface area contributed by atoms with Crippen LogP contribution in [0.4, 0.5) is 20.3 Å². The van der Waals surface area contributed by atoms with Gasteiger partial charge in [0.1, 0.15) is 6.61 Å². The van der Waals surface area contributed by atoms with E-state index in [4.69, 9.17) is 9.47 Å². The number of halogens is 1. The van der Waals surface area contributed by atoms with E-state index in [1.807, 2.05) is 49.4 Å². The highest BCUT2D eigenvalue weighted by atomic mass is 28.4. The van der Waals surface area contributed by atoms with E-state index in [1.165, 1.54) is 4.90 Å². The number of aryl methyl sites for hydroxylation is 1. The Balaban J connectivity index is 1.29. The van der Waals surface area contributed by atoms with Gasteiger partial charge in [0, 0.05) is 42.5 Å². The molecule has 2 amide bonds. The zero-order valence-electron chi connectivity index (χ0n) is 24.2. The highest BCUT2D eigenvalue weighted by Gasteiger charge is 2.66. The number of likely N-dealkylation sites (N-methyl/N-ethyl adjacent to an activating group) is 1. The van der Waals surface area contributed by atoms with Gasteiger partial charge in [0.05, 0.1) is 36.6 Å². The smallest absolute Gasteiger partial charge is 0.414 e. The van der Waals surface area contributed by atoms with Gasteiger partial charge in [-0.2, -0.15) is 0 Å². The van der Waals surface area contributed by atoms with Crippen molar-refractivity contribution in [3.63, 3.8) is 0 Å². The Hall–Kier alpha value is -3.61. The summed E-state index contributed by atoms with van der Waals surface area (Å²) in [6.45, 7) is 6.27. The van der Waals surface area contributed by atoms with Crippen LogP contribution in [0.1, 0.15) is 36.1 Å². The third-order valence-electron chi connectivity index (χ3n) is 9.09. The lowest BCUT2D eigenvalue weighted by Crippen LogP contribution is -2.44. The minimum Gasteiger partial charge on any atom is -0.447 e. The summed E-state index contributed by atoms with van der Waals surface area (Å²) in [5, 5.41) is 18.6. The van der Waals surface area contributed by atoms with Crippen LogP contribution in [0.5, 0.6) is 0 Å². The van der Waals surface area contributed by atoms with Gasteiger partial charge in [-0.05, 0) is 43.3 Å². The summed E-state index contributed by atoms with van der Waals surface area (Å²) in [6, 6.07) is 15.1. The van der Waals surface area contributed by atoms with Crippen LogP contribution in [0.3, 0.4) is 0 Å². The van der Waals surface area contributed by atoms with E-state index >= 15 is 4.11 Å². The molecule has 0 saturated carbocycles. The number of aliphatic hydroxyl groups excluding tert-OH is 1. The van der Waals surface area contributed by atoms with Crippen molar-refractivity contribution < 1.29 is 28.3 Å². The van der Waals surface area contributed by atoms with E-state index in [1.54, 1.807) is 42.0 Å². The summed E-state index contributed by atoms with van der Waals surface area (Å²) < 4.78 is 29.6. The van der Waals surface area contributed by atoms with E-state index in [-0.39, 0.29) is 18.4 Å². The molecular formula is C30H36FN5O5Si. The molecule has 2 saturated heterocycles. The second-order valence-corrected chi connectivity index (χ2v) is 15.7. The maximum absolute atomic E-state index is 16.1. The van der Waals surface area contributed by atoms with Crippen molar-refractivity contribution in [2.75, 3.05) is 36.6 Å². The fourth-order valence-electron chi connectivity index (χ4n) is 7.10. The zero-order valence-corrected chi connectivity index (χ0v) is 25.2. The maximum Gasteiger partial charge on any atom is 0.414 e. The Morgan fingerprint density at radius 3 is 2.62 bits per heavy atom. The van der Waals surface area contributed by atoms with Crippen molar-refractivity contribution in [3.05, 3.63) is 71.5 Å². The van der Waals surface area contributed by atoms with E-state index in [2.05, 4.69) is 10.3 Å². The quantitative estimate of drug-likeness (QED) is 0.308. The number of hydrogen-bond donors (Lipinski definition) is 1. The van der Waals surface area contributed by atoms with Crippen LogP contribution in [0.2, 0.25) is 18.6 Å². The fraction of sp³-hybridized carbons (Fsp3) is 0.467. The number of benzene rings is 2. The molecule has 1 unspecified atom stereocenters. The number of carbonyl (C=O) groups excluding carboxylic acids is 2. The van der Waals surface area contributed by atoms with Gasteiger partial charge in [-0.3, -0.25) is 14.4 Å². The van der Waals surface area contributed by atoms with Crippen molar-refractivity contribution in [2.24, 2.45) is 5.92 Å². The molecule has 3 aromatic rings. The molecule has 3 aliphatic rings. The van der Waals surface area contributed by atoms with Crippen LogP contribution in [0.25, 0.3) is 0 Å². The number of rotatable bonds is 8. The summed E-state index contributed by atoms with van der Waals surface area (Å²) in [5.41, 5.74) is 1.73. The maximum atomic E-state index is 16.1. The molecule has 0 radical (unpaired) electrons. The van der Waals surface area contributed by atoms with Crippen molar-refractivity contribution in [1.29, 1.82) is 0 Å². The van der Waals surface area contributed by atoms with Crippen molar-refractivity contribution in [2.45, 2.75) is 56.1 Å². The molecule has 4 heterocycles. The number of ether oxygens (including phenoxy) is 2. The molecule has 42 heavy (non-hydrogen) atoms. The van der Waals surface area contributed by atoms with Gasteiger partial charge in [-0.25, -0.2) is 4.79 Å². The van der Waals surface area contributed by atoms with Crippen molar-refractivity contribution >= 4 is 31.8 Å².